The quantitative estimate of drug-likeness (QED) is 0.418. The molecule has 0 saturated heterocycles. The van der Waals surface area contributed by atoms with Crippen LogP contribution in [0.2, 0.25) is 0 Å². The average molecular weight is 357 g/mol. The van der Waals surface area contributed by atoms with Gasteiger partial charge in [0, 0.05) is 22.4 Å². The zero-order valence-electron chi connectivity index (χ0n) is 6.00. The van der Waals surface area contributed by atoms with Crippen LogP contribution in [0.3, 0.4) is 0 Å². The molecule has 0 N–H and O–H groups in total. The first-order chi connectivity index (χ1) is 4.30. The Hall–Kier alpha value is 0.850. The van der Waals surface area contributed by atoms with Crippen LogP contribution in [-0.2, 0) is 22.4 Å². The number of thiocarbonyl (C=S) groups is 1. The van der Waals surface area contributed by atoms with Gasteiger partial charge in [-0.3, -0.25) is 0 Å². The van der Waals surface area contributed by atoms with E-state index in [2.05, 4.69) is 12.2 Å². The molecule has 0 aliphatic rings. The molecule has 0 fully saturated rings. The van der Waals surface area contributed by atoms with Crippen LogP contribution in [0, 0.1) is 0 Å². The van der Waals surface area contributed by atoms with Crippen LogP contribution in [-0.4, -0.2) is 5.05 Å². The molecule has 0 heterocycles. The van der Waals surface area contributed by atoms with Crippen molar-refractivity contribution in [2.45, 2.75) is 0 Å². The van der Waals surface area contributed by atoms with Crippen molar-refractivity contribution in [3.05, 3.63) is 35.9 Å². The Balaban J connectivity index is 0. The summed E-state index contributed by atoms with van der Waals surface area (Å²) in [7, 11) is 0. The summed E-state index contributed by atoms with van der Waals surface area (Å²) in [6.45, 7) is 0. The summed E-state index contributed by atoms with van der Waals surface area (Å²) in [5, 5.41) is 10.2. The molecule has 0 unspecified atom stereocenters. The molecule has 1 aromatic rings. The van der Waals surface area contributed by atoms with Gasteiger partial charge in [-0.2, -0.15) is 0 Å². The molecule has 0 bridgehead atoms. The maximum absolute atomic E-state index is 10.5. The van der Waals surface area contributed by atoms with Crippen LogP contribution in [0.25, 0.3) is 0 Å². The molecule has 0 aromatic heterocycles. The molecular formula is C7H5AuNaOS. The van der Waals surface area contributed by atoms with Gasteiger partial charge in [-0.1, -0.05) is 42.5 Å². The molecule has 0 aliphatic carbocycles. The Morgan fingerprint density at radius 1 is 1.18 bits per heavy atom. The number of hydrogen-bond acceptors (Lipinski definition) is 2. The fraction of sp³-hybridized carbons (Fsp3) is 0. The fourth-order valence-electron chi connectivity index (χ4n) is 0.574. The maximum atomic E-state index is 10.5. The molecule has 1 radical (unpaired) electrons. The third-order valence-corrected chi connectivity index (χ3v) is 1.25. The molecule has 1 rings (SSSR count). The molecule has 0 atom stereocenters. The maximum Gasteiger partial charge on any atom is 1.00 e. The van der Waals surface area contributed by atoms with Crippen molar-refractivity contribution < 1.29 is 57.0 Å². The second-order valence-electron chi connectivity index (χ2n) is 1.65. The van der Waals surface area contributed by atoms with Gasteiger partial charge in [0.2, 0.25) is 0 Å². The number of rotatable bonds is 1. The van der Waals surface area contributed by atoms with Gasteiger partial charge in [0.05, 0.1) is 0 Å². The van der Waals surface area contributed by atoms with Crippen LogP contribution in [0.4, 0.5) is 0 Å². The van der Waals surface area contributed by atoms with Crippen LogP contribution in [0.5, 0.6) is 0 Å². The molecule has 57 valence electrons. The molecule has 0 saturated carbocycles. The molecular weight excluding hydrogens is 352 g/mol. The Morgan fingerprint density at radius 3 is 1.91 bits per heavy atom. The van der Waals surface area contributed by atoms with Crippen LogP contribution in [0.1, 0.15) is 5.56 Å². The fourth-order valence-corrected chi connectivity index (χ4v) is 0.710. The third kappa shape index (κ3) is 5.15. The van der Waals surface area contributed by atoms with Gasteiger partial charge in [-0.25, -0.2) is 0 Å². The second-order valence-corrected chi connectivity index (χ2v) is 2.02. The van der Waals surface area contributed by atoms with Crippen molar-refractivity contribution >= 4 is 17.3 Å². The van der Waals surface area contributed by atoms with Gasteiger partial charge < -0.3 is 5.11 Å². The first-order valence-corrected chi connectivity index (χ1v) is 2.98. The Kier molecular flexibility index (Phi) is 9.80. The Labute approximate surface area is 109 Å². The number of hydrogen-bond donors (Lipinski definition) is 0. The molecule has 0 spiro atoms. The van der Waals surface area contributed by atoms with Crippen molar-refractivity contribution in [2.75, 3.05) is 0 Å². The Morgan fingerprint density at radius 2 is 1.64 bits per heavy atom. The van der Waals surface area contributed by atoms with Crippen molar-refractivity contribution in [3.8, 4) is 0 Å². The van der Waals surface area contributed by atoms with Crippen LogP contribution < -0.4 is 34.7 Å². The smallest absolute Gasteiger partial charge is 0.864 e. The zero-order valence-corrected chi connectivity index (χ0v) is 11.0. The van der Waals surface area contributed by atoms with Gasteiger partial charge in [0.25, 0.3) is 0 Å². The van der Waals surface area contributed by atoms with Gasteiger partial charge in [-0.05, 0) is 10.6 Å². The molecule has 0 aliphatic heterocycles. The summed E-state index contributed by atoms with van der Waals surface area (Å²) >= 11 is 4.41. The van der Waals surface area contributed by atoms with Crippen LogP contribution >= 0.6 is 12.2 Å². The van der Waals surface area contributed by atoms with Crippen molar-refractivity contribution in [3.63, 3.8) is 0 Å². The molecule has 1 aromatic carbocycles. The monoisotopic (exact) mass is 357 g/mol. The van der Waals surface area contributed by atoms with Crippen molar-refractivity contribution in [1.29, 1.82) is 0 Å². The summed E-state index contributed by atoms with van der Waals surface area (Å²) in [5.41, 5.74) is 0.590. The predicted molar refractivity (Wildman–Crippen MR) is 38.1 cm³/mol. The van der Waals surface area contributed by atoms with Gasteiger partial charge in [0.15, 0.2) is 0 Å². The minimum atomic E-state index is -0.296. The SMILES string of the molecule is [Au].[Na+].[O-]C(=S)c1ccccc1. The average Bonchev–Trinajstić information content (AvgIpc) is 1.90. The standard InChI is InChI=1S/C7H6OS.Au.Na/c8-7(9)6-4-2-1-3-5-6;;/h1-5H,(H,8,9);;/q;;+1/p-1. The van der Waals surface area contributed by atoms with Gasteiger partial charge in [-0.15, -0.1) is 0 Å². The summed E-state index contributed by atoms with van der Waals surface area (Å²) < 4.78 is 0. The second kappa shape index (κ2) is 7.50. The molecule has 11 heavy (non-hydrogen) atoms. The van der Waals surface area contributed by atoms with E-state index in [0.29, 0.717) is 5.56 Å². The largest absolute Gasteiger partial charge is 1.00 e. The minimum Gasteiger partial charge on any atom is -0.864 e. The normalized spacial score (nSPS) is 7.27. The summed E-state index contributed by atoms with van der Waals surface area (Å²) in [6.07, 6.45) is 0. The summed E-state index contributed by atoms with van der Waals surface area (Å²) in [6, 6.07) is 8.84. The van der Waals surface area contributed by atoms with E-state index in [1.807, 2.05) is 6.07 Å². The van der Waals surface area contributed by atoms with E-state index in [4.69, 9.17) is 0 Å². The van der Waals surface area contributed by atoms with Gasteiger partial charge in [0.1, 0.15) is 0 Å². The van der Waals surface area contributed by atoms with E-state index in [-0.39, 0.29) is 57.0 Å². The first-order valence-electron chi connectivity index (χ1n) is 2.57. The van der Waals surface area contributed by atoms with Crippen molar-refractivity contribution in [2.24, 2.45) is 0 Å². The molecule has 4 heteroatoms. The topological polar surface area (TPSA) is 23.1 Å². The van der Waals surface area contributed by atoms with E-state index in [0.717, 1.165) is 0 Å². The Bertz CT molecular complexity index is 215. The minimum absolute atomic E-state index is 0. The third-order valence-electron chi connectivity index (χ3n) is 1.01. The van der Waals surface area contributed by atoms with Crippen LogP contribution in [0.15, 0.2) is 30.3 Å². The zero-order chi connectivity index (χ0) is 6.69. The van der Waals surface area contributed by atoms with E-state index in [9.17, 15) is 5.11 Å². The van der Waals surface area contributed by atoms with E-state index in [1.54, 1.807) is 24.3 Å². The van der Waals surface area contributed by atoms with E-state index >= 15 is 0 Å². The predicted octanol–water partition coefficient (Wildman–Crippen LogP) is -2.28. The summed E-state index contributed by atoms with van der Waals surface area (Å²) in [5.74, 6) is 0. The van der Waals surface area contributed by atoms with Crippen molar-refractivity contribution in [1.82, 2.24) is 0 Å². The van der Waals surface area contributed by atoms with E-state index < -0.39 is 0 Å². The molecule has 1 nitrogen and oxygen atoms in total. The van der Waals surface area contributed by atoms with Gasteiger partial charge >= 0.3 is 29.6 Å². The summed E-state index contributed by atoms with van der Waals surface area (Å²) in [4.78, 5) is 0. The van der Waals surface area contributed by atoms with E-state index in [1.165, 1.54) is 0 Å². The molecule has 0 amide bonds. The first kappa shape index (κ1) is 14.4. The number of benzene rings is 1.